The van der Waals surface area contributed by atoms with Crippen LogP contribution in [0.15, 0.2) is 73.1 Å². The fourth-order valence-corrected chi connectivity index (χ4v) is 2.54. The molecule has 5 nitrogen and oxygen atoms in total. The molecule has 0 unspecified atom stereocenters. The van der Waals surface area contributed by atoms with Gasteiger partial charge >= 0.3 is 0 Å². The third kappa shape index (κ3) is 4.70. The van der Waals surface area contributed by atoms with Gasteiger partial charge < -0.3 is 9.64 Å². The summed E-state index contributed by atoms with van der Waals surface area (Å²) in [6.07, 6.45) is 3.99. The smallest absolute Gasteiger partial charge is 0.226 e. The Morgan fingerprint density at radius 2 is 1.96 bits per heavy atom. The highest BCUT2D eigenvalue weighted by Gasteiger charge is 2.10. The Bertz CT molecular complexity index is 801. The molecule has 0 bridgehead atoms. The normalized spacial score (nSPS) is 10.4. The second-order valence-corrected chi connectivity index (χ2v) is 5.78. The van der Waals surface area contributed by atoms with Gasteiger partial charge in [0.1, 0.15) is 5.75 Å². The van der Waals surface area contributed by atoms with Gasteiger partial charge in [0, 0.05) is 26.0 Å². The molecule has 0 aliphatic carbocycles. The van der Waals surface area contributed by atoms with Gasteiger partial charge in [-0.15, -0.1) is 0 Å². The average molecular weight is 335 g/mol. The Labute approximate surface area is 147 Å². The van der Waals surface area contributed by atoms with E-state index < -0.39 is 0 Å². The highest BCUT2D eigenvalue weighted by atomic mass is 16.5. The topological polar surface area (TPSA) is 47.4 Å². The molecule has 0 aliphatic heterocycles. The quantitative estimate of drug-likeness (QED) is 0.665. The van der Waals surface area contributed by atoms with E-state index in [1.807, 2.05) is 73.9 Å². The van der Waals surface area contributed by atoms with Gasteiger partial charge in [0.05, 0.1) is 18.7 Å². The first-order valence-electron chi connectivity index (χ1n) is 8.23. The lowest BCUT2D eigenvalue weighted by molar-refractivity contribution is -0.130. The summed E-state index contributed by atoms with van der Waals surface area (Å²) in [6, 6.07) is 19.4. The molecule has 0 aliphatic rings. The van der Waals surface area contributed by atoms with Crippen LogP contribution in [0.1, 0.15) is 12.0 Å². The van der Waals surface area contributed by atoms with Gasteiger partial charge in [-0.25, -0.2) is 4.68 Å². The SMILES string of the molecule is CN(Cc1cccc(-n2cccn2)c1)C(=O)CCOc1ccccc1. The number of rotatable bonds is 7. The first kappa shape index (κ1) is 16.8. The monoisotopic (exact) mass is 335 g/mol. The van der Waals surface area contributed by atoms with Gasteiger partial charge in [-0.05, 0) is 35.9 Å². The molecule has 1 amide bonds. The van der Waals surface area contributed by atoms with E-state index in [0.717, 1.165) is 17.0 Å². The van der Waals surface area contributed by atoms with E-state index in [9.17, 15) is 4.79 Å². The van der Waals surface area contributed by atoms with Crippen molar-refractivity contribution < 1.29 is 9.53 Å². The number of carbonyl (C=O) groups excluding carboxylic acids is 1. The minimum Gasteiger partial charge on any atom is -0.493 e. The Hall–Kier alpha value is -3.08. The second kappa shape index (κ2) is 8.15. The zero-order valence-electron chi connectivity index (χ0n) is 14.2. The summed E-state index contributed by atoms with van der Waals surface area (Å²) in [7, 11) is 1.81. The fraction of sp³-hybridized carbons (Fsp3) is 0.200. The lowest BCUT2D eigenvalue weighted by Crippen LogP contribution is -2.27. The number of hydrogen-bond acceptors (Lipinski definition) is 3. The maximum absolute atomic E-state index is 12.3. The molecule has 5 heteroatoms. The molecular weight excluding hydrogens is 314 g/mol. The van der Waals surface area contributed by atoms with Crippen LogP contribution in [-0.2, 0) is 11.3 Å². The lowest BCUT2D eigenvalue weighted by Gasteiger charge is -2.18. The number of hydrogen-bond donors (Lipinski definition) is 0. The van der Waals surface area contributed by atoms with Gasteiger partial charge in [0.15, 0.2) is 0 Å². The van der Waals surface area contributed by atoms with Crippen molar-refractivity contribution in [2.75, 3.05) is 13.7 Å². The summed E-state index contributed by atoms with van der Waals surface area (Å²) in [6.45, 7) is 0.930. The second-order valence-electron chi connectivity index (χ2n) is 5.78. The molecular formula is C20H21N3O2. The molecule has 0 fully saturated rings. The number of carbonyl (C=O) groups is 1. The largest absolute Gasteiger partial charge is 0.493 e. The van der Waals surface area contributed by atoms with Crippen LogP contribution >= 0.6 is 0 Å². The summed E-state index contributed by atoms with van der Waals surface area (Å²) in [5.41, 5.74) is 2.04. The summed E-state index contributed by atoms with van der Waals surface area (Å²) in [4.78, 5) is 14.0. The lowest BCUT2D eigenvalue weighted by atomic mass is 10.2. The maximum Gasteiger partial charge on any atom is 0.226 e. The van der Waals surface area contributed by atoms with Crippen LogP contribution in [0, 0.1) is 0 Å². The Balaban J connectivity index is 1.52. The highest BCUT2D eigenvalue weighted by Crippen LogP contribution is 2.12. The van der Waals surface area contributed by atoms with Crippen LogP contribution < -0.4 is 4.74 Å². The Morgan fingerprint density at radius 3 is 2.72 bits per heavy atom. The fourth-order valence-electron chi connectivity index (χ4n) is 2.54. The van der Waals surface area contributed by atoms with Crippen LogP contribution in [-0.4, -0.2) is 34.2 Å². The molecule has 0 atom stereocenters. The predicted molar refractivity (Wildman–Crippen MR) is 96.6 cm³/mol. The molecule has 0 saturated heterocycles. The van der Waals surface area contributed by atoms with Gasteiger partial charge in [0.2, 0.25) is 5.91 Å². The number of ether oxygens (including phenoxy) is 1. The van der Waals surface area contributed by atoms with E-state index in [4.69, 9.17) is 4.74 Å². The maximum atomic E-state index is 12.3. The van der Waals surface area contributed by atoms with Crippen molar-refractivity contribution in [2.24, 2.45) is 0 Å². The Kier molecular flexibility index (Phi) is 5.46. The predicted octanol–water partition coefficient (Wildman–Crippen LogP) is 3.30. The number of para-hydroxylation sites is 1. The van der Waals surface area contributed by atoms with Gasteiger partial charge in [-0.1, -0.05) is 30.3 Å². The summed E-state index contributed by atoms with van der Waals surface area (Å²) in [5.74, 6) is 0.838. The van der Waals surface area contributed by atoms with Gasteiger partial charge in [-0.3, -0.25) is 4.79 Å². The number of nitrogens with zero attached hydrogens (tertiary/aromatic N) is 3. The van der Waals surface area contributed by atoms with Crippen LogP contribution in [0.4, 0.5) is 0 Å². The molecule has 1 heterocycles. The van der Waals surface area contributed by atoms with Gasteiger partial charge in [0.25, 0.3) is 0 Å². The number of aromatic nitrogens is 2. The van der Waals surface area contributed by atoms with Crippen molar-refractivity contribution in [1.82, 2.24) is 14.7 Å². The van der Waals surface area contributed by atoms with Crippen molar-refractivity contribution >= 4 is 5.91 Å². The standard InChI is InChI=1S/C20H21N3O2/c1-22(20(24)11-14-25-19-9-3-2-4-10-19)16-17-7-5-8-18(15-17)23-13-6-12-21-23/h2-10,12-13,15H,11,14,16H2,1H3. The van der Waals surface area contributed by atoms with Crippen molar-refractivity contribution in [3.63, 3.8) is 0 Å². The summed E-state index contributed by atoms with van der Waals surface area (Å²) < 4.78 is 7.39. The number of amides is 1. The van der Waals surface area contributed by atoms with E-state index in [2.05, 4.69) is 5.10 Å². The summed E-state index contributed by atoms with van der Waals surface area (Å²) >= 11 is 0. The molecule has 0 radical (unpaired) electrons. The van der Waals surface area contributed by atoms with Crippen LogP contribution in [0.5, 0.6) is 5.75 Å². The van der Waals surface area contributed by atoms with Crippen molar-refractivity contribution in [3.05, 3.63) is 78.6 Å². The average Bonchev–Trinajstić information content (AvgIpc) is 3.17. The molecule has 1 aromatic heterocycles. The molecule has 3 aromatic rings. The zero-order valence-corrected chi connectivity index (χ0v) is 14.2. The highest BCUT2D eigenvalue weighted by molar-refractivity contribution is 5.76. The molecule has 0 spiro atoms. The molecule has 3 rings (SSSR count). The van der Waals surface area contributed by atoms with Crippen molar-refractivity contribution in [2.45, 2.75) is 13.0 Å². The third-order valence-electron chi connectivity index (χ3n) is 3.85. The minimum absolute atomic E-state index is 0.0559. The van der Waals surface area contributed by atoms with E-state index in [0.29, 0.717) is 19.6 Å². The molecule has 2 aromatic carbocycles. The van der Waals surface area contributed by atoms with E-state index in [1.165, 1.54) is 0 Å². The van der Waals surface area contributed by atoms with E-state index in [1.54, 1.807) is 15.8 Å². The third-order valence-corrected chi connectivity index (χ3v) is 3.85. The first-order valence-corrected chi connectivity index (χ1v) is 8.23. The van der Waals surface area contributed by atoms with Crippen molar-refractivity contribution in [1.29, 1.82) is 0 Å². The van der Waals surface area contributed by atoms with Crippen molar-refractivity contribution in [3.8, 4) is 11.4 Å². The molecule has 128 valence electrons. The van der Waals surface area contributed by atoms with Gasteiger partial charge in [-0.2, -0.15) is 5.10 Å². The van der Waals surface area contributed by atoms with Crippen LogP contribution in [0.25, 0.3) is 5.69 Å². The van der Waals surface area contributed by atoms with Crippen LogP contribution in [0.3, 0.4) is 0 Å². The zero-order chi connectivity index (χ0) is 17.5. The van der Waals surface area contributed by atoms with Crippen LogP contribution in [0.2, 0.25) is 0 Å². The Morgan fingerprint density at radius 1 is 1.12 bits per heavy atom. The number of benzene rings is 2. The molecule has 25 heavy (non-hydrogen) atoms. The van der Waals surface area contributed by atoms with E-state index in [-0.39, 0.29) is 5.91 Å². The summed E-state index contributed by atoms with van der Waals surface area (Å²) in [5, 5.41) is 4.23. The first-order chi connectivity index (χ1) is 12.2. The van der Waals surface area contributed by atoms with E-state index >= 15 is 0 Å². The minimum atomic E-state index is 0.0559. The molecule has 0 saturated carbocycles. The molecule has 0 N–H and O–H groups in total.